The highest BCUT2D eigenvalue weighted by molar-refractivity contribution is 8.00. The normalized spacial score (nSPS) is 17.7. The van der Waals surface area contributed by atoms with Crippen molar-refractivity contribution in [2.45, 2.75) is 37.9 Å². The molecule has 0 aliphatic carbocycles. The number of thioether (sulfide) groups is 1. The smallest absolute Gasteiger partial charge is 0.323 e. The molecule has 1 aliphatic heterocycles. The van der Waals surface area contributed by atoms with Crippen LogP contribution in [0.5, 0.6) is 0 Å². The molecule has 122 valence electrons. The third kappa shape index (κ3) is 5.65. The maximum atomic E-state index is 12.2. The Bertz CT molecular complexity index is 430. The average Bonchev–Trinajstić information content (AvgIpc) is 2.81. The molecule has 0 spiro atoms. The van der Waals surface area contributed by atoms with Crippen LogP contribution in [-0.2, 0) is 9.53 Å². The second kappa shape index (κ2) is 9.90. The predicted octanol–water partition coefficient (Wildman–Crippen LogP) is 3.90. The molecule has 1 fully saturated rings. The Morgan fingerprint density at radius 2 is 1.86 bits per heavy atom. The zero-order valence-electron chi connectivity index (χ0n) is 13.5. The maximum Gasteiger partial charge on any atom is 0.323 e. The monoisotopic (exact) mass is 321 g/mol. The number of likely N-dealkylation sites (tertiary alicyclic amines) is 1. The van der Waals surface area contributed by atoms with Crippen molar-refractivity contribution in [3.8, 4) is 0 Å². The van der Waals surface area contributed by atoms with Gasteiger partial charge in [0.1, 0.15) is 5.25 Å². The minimum absolute atomic E-state index is 0.116. The lowest BCUT2D eigenvalue weighted by Crippen LogP contribution is -2.27. The number of nitrogens with zero attached hydrogens (tertiary/aromatic N) is 1. The van der Waals surface area contributed by atoms with Gasteiger partial charge in [0.15, 0.2) is 0 Å². The quantitative estimate of drug-likeness (QED) is 0.712. The Morgan fingerprint density at radius 1 is 1.18 bits per heavy atom. The van der Waals surface area contributed by atoms with Gasteiger partial charge < -0.3 is 9.64 Å². The van der Waals surface area contributed by atoms with Crippen molar-refractivity contribution in [3.63, 3.8) is 0 Å². The molecule has 0 radical (unpaired) electrons. The molecule has 22 heavy (non-hydrogen) atoms. The molecule has 3 nitrogen and oxygen atoms in total. The predicted molar refractivity (Wildman–Crippen MR) is 93.2 cm³/mol. The molecule has 0 saturated carbocycles. The van der Waals surface area contributed by atoms with Crippen molar-refractivity contribution in [1.82, 2.24) is 4.90 Å². The van der Waals surface area contributed by atoms with E-state index in [1.54, 1.807) is 11.8 Å². The van der Waals surface area contributed by atoms with Crippen molar-refractivity contribution in [1.29, 1.82) is 0 Å². The maximum absolute atomic E-state index is 12.2. The van der Waals surface area contributed by atoms with Crippen molar-refractivity contribution < 1.29 is 9.53 Å². The summed E-state index contributed by atoms with van der Waals surface area (Å²) in [5.74, 6) is 0.854. The second-order valence-electron chi connectivity index (χ2n) is 5.67. The number of rotatable bonds is 7. The van der Waals surface area contributed by atoms with E-state index >= 15 is 0 Å². The molecule has 1 unspecified atom stereocenters. The first-order valence-electron chi connectivity index (χ1n) is 8.37. The first-order valence-corrected chi connectivity index (χ1v) is 9.41. The lowest BCUT2D eigenvalue weighted by Gasteiger charge is -2.21. The Morgan fingerprint density at radius 3 is 2.50 bits per heavy atom. The number of esters is 1. The summed E-state index contributed by atoms with van der Waals surface area (Å²) in [6.45, 7) is 5.77. The minimum atomic E-state index is -0.201. The Kier molecular flexibility index (Phi) is 7.81. The second-order valence-corrected chi connectivity index (χ2v) is 6.88. The molecular weight excluding hydrogens is 294 g/mol. The van der Waals surface area contributed by atoms with Crippen LogP contribution in [0.4, 0.5) is 0 Å². The van der Waals surface area contributed by atoms with E-state index in [1.807, 2.05) is 37.3 Å². The largest absolute Gasteiger partial charge is 0.465 e. The summed E-state index contributed by atoms with van der Waals surface area (Å²) in [5, 5.41) is -0.201. The summed E-state index contributed by atoms with van der Waals surface area (Å²) in [7, 11) is 0. The van der Waals surface area contributed by atoms with Gasteiger partial charge in [-0.2, -0.15) is 0 Å². The molecular formula is C18H27NO2S. The van der Waals surface area contributed by atoms with Gasteiger partial charge in [0.2, 0.25) is 0 Å². The molecule has 1 heterocycles. The molecule has 0 aromatic heterocycles. The van der Waals surface area contributed by atoms with E-state index < -0.39 is 0 Å². The summed E-state index contributed by atoms with van der Waals surface area (Å²) in [6.07, 6.45) is 5.34. The Hall–Kier alpha value is -1.00. The van der Waals surface area contributed by atoms with Crippen LogP contribution >= 0.6 is 11.8 Å². The van der Waals surface area contributed by atoms with Crippen LogP contribution in [0.3, 0.4) is 0 Å². The van der Waals surface area contributed by atoms with Crippen LogP contribution in [0.1, 0.15) is 43.4 Å². The fourth-order valence-electron chi connectivity index (χ4n) is 2.81. The van der Waals surface area contributed by atoms with E-state index in [0.717, 1.165) is 17.9 Å². The summed E-state index contributed by atoms with van der Waals surface area (Å²) >= 11 is 1.71. The van der Waals surface area contributed by atoms with Crippen LogP contribution in [0, 0.1) is 0 Å². The van der Waals surface area contributed by atoms with E-state index in [1.165, 1.54) is 38.8 Å². The molecule has 0 bridgehead atoms. The Balaban J connectivity index is 1.87. The van der Waals surface area contributed by atoms with Gasteiger partial charge in [0.05, 0.1) is 6.61 Å². The van der Waals surface area contributed by atoms with Crippen LogP contribution in [0.2, 0.25) is 0 Å². The van der Waals surface area contributed by atoms with Gasteiger partial charge in [-0.15, -0.1) is 11.8 Å². The molecule has 0 amide bonds. The van der Waals surface area contributed by atoms with Crippen molar-refractivity contribution in [2.24, 2.45) is 0 Å². The standard InChI is InChI=1S/C18H27NO2S/c1-2-21-18(20)17(16-10-6-5-7-11-16)22-15-14-19-12-8-3-4-9-13-19/h5-7,10-11,17H,2-4,8-9,12-15H2,1H3. The third-order valence-corrected chi connectivity index (χ3v) is 5.21. The molecule has 1 saturated heterocycles. The summed E-state index contributed by atoms with van der Waals surface area (Å²) in [5.41, 5.74) is 1.04. The number of hydrogen-bond donors (Lipinski definition) is 0. The van der Waals surface area contributed by atoms with Crippen molar-refractivity contribution in [2.75, 3.05) is 32.0 Å². The van der Waals surface area contributed by atoms with Crippen molar-refractivity contribution >= 4 is 17.7 Å². The summed E-state index contributed by atoms with van der Waals surface area (Å²) in [6, 6.07) is 9.97. The van der Waals surface area contributed by atoms with Gasteiger partial charge in [-0.05, 0) is 38.4 Å². The zero-order chi connectivity index (χ0) is 15.6. The number of hydrogen-bond acceptors (Lipinski definition) is 4. The number of carbonyl (C=O) groups is 1. The molecule has 2 rings (SSSR count). The molecule has 1 atom stereocenters. The SMILES string of the molecule is CCOC(=O)C(SCCN1CCCCCC1)c1ccccc1. The highest BCUT2D eigenvalue weighted by Gasteiger charge is 2.22. The molecule has 1 aromatic carbocycles. The molecule has 1 aliphatic rings. The summed E-state index contributed by atoms with van der Waals surface area (Å²) in [4.78, 5) is 14.8. The fraction of sp³-hybridized carbons (Fsp3) is 0.611. The van der Waals surface area contributed by atoms with E-state index in [2.05, 4.69) is 4.90 Å². The van der Waals surface area contributed by atoms with Crippen LogP contribution in [0.25, 0.3) is 0 Å². The zero-order valence-corrected chi connectivity index (χ0v) is 14.3. The first kappa shape index (κ1) is 17.4. The van der Waals surface area contributed by atoms with Crippen molar-refractivity contribution in [3.05, 3.63) is 35.9 Å². The topological polar surface area (TPSA) is 29.5 Å². The third-order valence-electron chi connectivity index (χ3n) is 3.99. The van der Waals surface area contributed by atoms with E-state index in [4.69, 9.17) is 4.74 Å². The minimum Gasteiger partial charge on any atom is -0.465 e. The molecule has 0 N–H and O–H groups in total. The lowest BCUT2D eigenvalue weighted by molar-refractivity contribution is -0.142. The van der Waals surface area contributed by atoms with Crippen LogP contribution in [0.15, 0.2) is 30.3 Å². The fourth-order valence-corrected chi connectivity index (χ4v) is 3.96. The van der Waals surface area contributed by atoms with Crippen LogP contribution in [-0.4, -0.2) is 42.9 Å². The number of carbonyl (C=O) groups excluding carboxylic acids is 1. The number of benzene rings is 1. The van der Waals surface area contributed by atoms with E-state index in [9.17, 15) is 4.79 Å². The summed E-state index contributed by atoms with van der Waals surface area (Å²) < 4.78 is 5.25. The van der Waals surface area contributed by atoms with Gasteiger partial charge in [-0.25, -0.2) is 0 Å². The van der Waals surface area contributed by atoms with Gasteiger partial charge >= 0.3 is 5.97 Å². The molecule has 1 aromatic rings. The van der Waals surface area contributed by atoms with Gasteiger partial charge in [-0.3, -0.25) is 4.79 Å². The van der Waals surface area contributed by atoms with Gasteiger partial charge in [-0.1, -0.05) is 43.2 Å². The van der Waals surface area contributed by atoms with Gasteiger partial charge in [0.25, 0.3) is 0 Å². The first-order chi connectivity index (χ1) is 10.8. The lowest BCUT2D eigenvalue weighted by atomic mass is 10.1. The average molecular weight is 321 g/mol. The Labute approximate surface area is 138 Å². The molecule has 4 heteroatoms. The van der Waals surface area contributed by atoms with Gasteiger partial charge in [0, 0.05) is 12.3 Å². The van der Waals surface area contributed by atoms with Crippen LogP contribution < -0.4 is 0 Å². The highest BCUT2D eigenvalue weighted by Crippen LogP contribution is 2.30. The van der Waals surface area contributed by atoms with E-state index in [-0.39, 0.29) is 11.2 Å². The van der Waals surface area contributed by atoms with E-state index in [0.29, 0.717) is 6.61 Å². The number of ether oxygens (including phenoxy) is 1. The highest BCUT2D eigenvalue weighted by atomic mass is 32.2.